The van der Waals surface area contributed by atoms with Crippen LogP contribution in [0.25, 0.3) is 0 Å². The Bertz CT molecular complexity index is 589. The number of amides is 2. The van der Waals surface area contributed by atoms with Gasteiger partial charge in [0.1, 0.15) is 0 Å². The third-order valence-electron chi connectivity index (χ3n) is 2.13. The number of aromatic nitrogens is 1. The lowest BCUT2D eigenvalue weighted by Gasteiger charge is -2.09. The summed E-state index contributed by atoms with van der Waals surface area (Å²) in [7, 11) is 0. The summed E-state index contributed by atoms with van der Waals surface area (Å²) in [5.41, 5.74) is 5.03. The van der Waals surface area contributed by atoms with E-state index in [-0.39, 0.29) is 11.7 Å². The van der Waals surface area contributed by atoms with Crippen molar-refractivity contribution in [2.24, 2.45) is 0 Å². The molecule has 0 fully saturated rings. The highest BCUT2D eigenvalue weighted by Gasteiger charge is 2.06. The summed E-state index contributed by atoms with van der Waals surface area (Å²) >= 11 is 4.81. The Morgan fingerprint density at radius 2 is 1.91 bits per heavy atom. The summed E-state index contributed by atoms with van der Waals surface area (Å²) in [4.78, 5) is 37.9. The number of thiocarbonyl (C=S) groups is 1. The van der Waals surface area contributed by atoms with Crippen molar-refractivity contribution in [2.75, 3.05) is 6.61 Å². The van der Waals surface area contributed by atoms with Crippen molar-refractivity contribution < 1.29 is 19.1 Å². The summed E-state index contributed by atoms with van der Waals surface area (Å²) in [6.07, 6.45) is 4.87. The van der Waals surface area contributed by atoms with Gasteiger partial charge in [0, 0.05) is 30.1 Å². The molecule has 22 heavy (non-hydrogen) atoms. The predicted octanol–water partition coefficient (Wildman–Crippen LogP) is -0.164. The van der Waals surface area contributed by atoms with E-state index in [1.165, 1.54) is 24.5 Å². The van der Waals surface area contributed by atoms with Gasteiger partial charge in [0.25, 0.3) is 5.91 Å². The smallest absolute Gasteiger partial charge is 0.330 e. The zero-order valence-electron chi connectivity index (χ0n) is 11.7. The number of esters is 1. The minimum Gasteiger partial charge on any atom is -0.463 e. The molecule has 3 N–H and O–H groups in total. The van der Waals surface area contributed by atoms with Gasteiger partial charge in [0.15, 0.2) is 5.11 Å². The molecule has 2 amide bonds. The molecule has 8 nitrogen and oxygen atoms in total. The molecule has 0 spiro atoms. The maximum absolute atomic E-state index is 11.7. The molecule has 0 aliphatic heterocycles. The van der Waals surface area contributed by atoms with E-state index in [9.17, 15) is 14.4 Å². The molecule has 0 aliphatic rings. The minimum atomic E-state index is -0.637. The Morgan fingerprint density at radius 1 is 1.23 bits per heavy atom. The fraction of sp³-hybridized carbons (Fsp3) is 0.154. The number of carbonyl (C=O) groups is 3. The van der Waals surface area contributed by atoms with E-state index in [2.05, 4.69) is 25.9 Å². The predicted molar refractivity (Wildman–Crippen MR) is 81.4 cm³/mol. The molecule has 116 valence electrons. The van der Waals surface area contributed by atoms with Gasteiger partial charge in [-0.15, -0.1) is 0 Å². The van der Waals surface area contributed by atoms with Gasteiger partial charge in [-0.25, -0.2) is 4.79 Å². The van der Waals surface area contributed by atoms with Crippen LogP contribution in [0.2, 0.25) is 0 Å². The van der Waals surface area contributed by atoms with Crippen molar-refractivity contribution >= 4 is 35.1 Å². The van der Waals surface area contributed by atoms with Gasteiger partial charge >= 0.3 is 5.97 Å². The summed E-state index contributed by atoms with van der Waals surface area (Å²) in [5.74, 6) is -1.72. The Kier molecular flexibility index (Phi) is 7.20. The summed E-state index contributed by atoms with van der Waals surface area (Å²) in [5, 5.41) is 2.12. The second kappa shape index (κ2) is 9.19. The lowest BCUT2D eigenvalue weighted by molar-refractivity contribution is -0.137. The molecule has 0 aromatic carbocycles. The first-order chi connectivity index (χ1) is 10.5. The third-order valence-corrected chi connectivity index (χ3v) is 2.33. The van der Waals surface area contributed by atoms with Crippen molar-refractivity contribution in [2.45, 2.75) is 6.92 Å². The van der Waals surface area contributed by atoms with E-state index >= 15 is 0 Å². The number of hydrogen-bond acceptors (Lipinski definition) is 6. The van der Waals surface area contributed by atoms with E-state index in [4.69, 9.17) is 12.2 Å². The lowest BCUT2D eigenvalue weighted by Crippen LogP contribution is -2.48. The van der Waals surface area contributed by atoms with Crippen molar-refractivity contribution in [1.82, 2.24) is 21.2 Å². The molecule has 0 bridgehead atoms. The Morgan fingerprint density at radius 3 is 2.55 bits per heavy atom. The van der Waals surface area contributed by atoms with Gasteiger partial charge in [-0.1, -0.05) is 0 Å². The van der Waals surface area contributed by atoms with Crippen LogP contribution >= 0.6 is 12.2 Å². The third kappa shape index (κ3) is 6.57. The summed E-state index contributed by atoms with van der Waals surface area (Å²) in [6.45, 7) is 1.86. The number of rotatable bonds is 4. The molecular weight excluding hydrogens is 308 g/mol. The van der Waals surface area contributed by atoms with Crippen molar-refractivity contribution in [1.29, 1.82) is 0 Å². The lowest BCUT2D eigenvalue weighted by atomic mass is 10.3. The van der Waals surface area contributed by atoms with E-state index in [0.717, 1.165) is 12.2 Å². The zero-order valence-corrected chi connectivity index (χ0v) is 12.5. The molecule has 1 heterocycles. The molecule has 1 aromatic heterocycles. The highest BCUT2D eigenvalue weighted by atomic mass is 32.1. The van der Waals surface area contributed by atoms with Crippen molar-refractivity contribution in [3.8, 4) is 0 Å². The highest BCUT2D eigenvalue weighted by molar-refractivity contribution is 7.80. The van der Waals surface area contributed by atoms with Crippen molar-refractivity contribution in [3.05, 3.63) is 42.2 Å². The first kappa shape index (κ1) is 17.2. The fourth-order valence-electron chi connectivity index (χ4n) is 1.21. The number of hydrogen-bond donors (Lipinski definition) is 3. The Labute approximate surface area is 131 Å². The number of hydrazine groups is 1. The summed E-state index contributed by atoms with van der Waals surface area (Å²) < 4.78 is 4.61. The largest absolute Gasteiger partial charge is 0.463 e. The molecule has 0 radical (unpaired) electrons. The average molecular weight is 322 g/mol. The molecule has 1 aromatic rings. The number of nitrogens with one attached hydrogen (secondary N) is 3. The molecule has 0 saturated carbocycles. The molecule has 9 heteroatoms. The second-order valence-corrected chi connectivity index (χ2v) is 4.13. The first-order valence-corrected chi connectivity index (χ1v) is 6.60. The summed E-state index contributed by atoms with van der Waals surface area (Å²) in [6, 6.07) is 3.03. The molecule has 0 atom stereocenters. The normalized spacial score (nSPS) is 9.86. The number of nitrogens with zero attached hydrogens (tertiary/aromatic N) is 1. The maximum Gasteiger partial charge on any atom is 0.330 e. The van der Waals surface area contributed by atoms with Crippen LogP contribution in [0.4, 0.5) is 0 Å². The van der Waals surface area contributed by atoms with E-state index in [1.54, 1.807) is 6.92 Å². The quantitative estimate of drug-likeness (QED) is 0.306. The minimum absolute atomic E-state index is 0.124. The Hall–Kier alpha value is -2.81. The molecule has 0 unspecified atom stereocenters. The van der Waals surface area contributed by atoms with Crippen LogP contribution in [0.1, 0.15) is 17.3 Å². The Balaban J connectivity index is 2.36. The molecule has 1 rings (SSSR count). The number of pyridine rings is 1. The topological polar surface area (TPSA) is 109 Å². The van der Waals surface area contributed by atoms with Gasteiger partial charge in [-0.2, -0.15) is 0 Å². The monoisotopic (exact) mass is 322 g/mol. The van der Waals surface area contributed by atoms with Gasteiger partial charge in [0.2, 0.25) is 5.91 Å². The maximum atomic E-state index is 11.7. The fourth-order valence-corrected chi connectivity index (χ4v) is 1.36. The van der Waals surface area contributed by atoms with Crippen LogP contribution in [-0.2, 0) is 14.3 Å². The van der Waals surface area contributed by atoms with Crippen LogP contribution in [-0.4, -0.2) is 34.5 Å². The van der Waals surface area contributed by atoms with Gasteiger partial charge < -0.3 is 4.74 Å². The van der Waals surface area contributed by atoms with Crippen LogP contribution in [0.5, 0.6) is 0 Å². The van der Waals surface area contributed by atoms with Gasteiger partial charge in [0.05, 0.1) is 6.61 Å². The van der Waals surface area contributed by atoms with Gasteiger partial charge in [-0.05, 0) is 31.3 Å². The second-order valence-electron chi connectivity index (χ2n) is 3.72. The standard InChI is InChI=1S/C13H14N4O4S/c1-2-21-11(19)4-3-10(18)15-13(22)17-16-12(20)9-5-7-14-8-6-9/h3-8H,2H2,1H3,(H,16,20)(H2,15,17,18,22). The van der Waals surface area contributed by atoms with E-state index in [0.29, 0.717) is 5.56 Å². The van der Waals surface area contributed by atoms with Crippen LogP contribution < -0.4 is 16.2 Å². The van der Waals surface area contributed by atoms with E-state index in [1.807, 2.05) is 0 Å². The first-order valence-electron chi connectivity index (χ1n) is 6.19. The SMILES string of the molecule is CCOC(=O)C=CC(=O)NC(=S)NNC(=O)c1ccncc1. The highest BCUT2D eigenvalue weighted by Crippen LogP contribution is 1.94. The molecule has 0 aliphatic carbocycles. The van der Waals surface area contributed by atoms with Crippen LogP contribution in [0.15, 0.2) is 36.7 Å². The van der Waals surface area contributed by atoms with Crippen LogP contribution in [0.3, 0.4) is 0 Å². The average Bonchev–Trinajstić information content (AvgIpc) is 2.52. The zero-order chi connectivity index (χ0) is 16.4. The van der Waals surface area contributed by atoms with Crippen LogP contribution in [0, 0.1) is 0 Å². The van der Waals surface area contributed by atoms with Gasteiger partial charge in [-0.3, -0.25) is 30.7 Å². The van der Waals surface area contributed by atoms with Crippen molar-refractivity contribution in [3.63, 3.8) is 0 Å². The number of ether oxygens (including phenoxy) is 1. The number of carbonyl (C=O) groups excluding carboxylic acids is 3. The molecule has 0 saturated heterocycles. The van der Waals surface area contributed by atoms with E-state index < -0.39 is 17.8 Å². The molecular formula is C13H14N4O4S.